The monoisotopic (exact) mass is 466 g/mol. The molecule has 0 spiro atoms. The number of benzene rings is 2. The largest absolute Gasteiger partial charge is 0.479 e. The molecular formula is C28H34O6. The maximum absolute atomic E-state index is 10.9. The lowest BCUT2D eigenvalue weighted by atomic mass is 9.81. The predicted molar refractivity (Wildman–Crippen MR) is 130 cm³/mol. The van der Waals surface area contributed by atoms with E-state index in [2.05, 4.69) is 6.08 Å². The minimum Gasteiger partial charge on any atom is -0.479 e. The van der Waals surface area contributed by atoms with Crippen molar-refractivity contribution in [2.75, 3.05) is 0 Å². The highest BCUT2D eigenvalue weighted by atomic mass is 16.4. The second kappa shape index (κ2) is 12.5. The summed E-state index contributed by atoms with van der Waals surface area (Å²) in [5.74, 6) is -1.96. The lowest BCUT2D eigenvalue weighted by molar-refractivity contribution is -0.147. The van der Waals surface area contributed by atoms with Gasteiger partial charge in [0.25, 0.3) is 0 Å². The fraction of sp³-hybridized carbons (Fsp3) is 0.429. The van der Waals surface area contributed by atoms with Crippen LogP contribution in [0.4, 0.5) is 0 Å². The first-order chi connectivity index (χ1) is 16.4. The van der Waals surface area contributed by atoms with E-state index in [-0.39, 0.29) is 0 Å². The fourth-order valence-corrected chi connectivity index (χ4v) is 4.92. The summed E-state index contributed by atoms with van der Waals surface area (Å²) in [5.41, 5.74) is 4.11. The van der Waals surface area contributed by atoms with Crippen molar-refractivity contribution in [1.82, 2.24) is 0 Å². The Hall–Kier alpha value is -2.96. The van der Waals surface area contributed by atoms with Gasteiger partial charge in [0.2, 0.25) is 0 Å². The van der Waals surface area contributed by atoms with E-state index in [1.54, 1.807) is 24.3 Å². The molecule has 4 N–H and O–H groups in total. The van der Waals surface area contributed by atoms with Gasteiger partial charge in [-0.1, -0.05) is 73.9 Å². The van der Waals surface area contributed by atoms with Gasteiger partial charge in [0.05, 0.1) is 0 Å². The number of carbonyl (C=O) groups is 2. The molecule has 0 aliphatic heterocycles. The Balaban J connectivity index is 0.000000191. The van der Waals surface area contributed by atoms with E-state index in [0.717, 1.165) is 48.8 Å². The Labute approximate surface area is 200 Å². The molecular weight excluding hydrogens is 432 g/mol. The highest BCUT2D eigenvalue weighted by Gasteiger charge is 2.24. The van der Waals surface area contributed by atoms with Crippen LogP contribution < -0.4 is 0 Å². The molecule has 0 saturated heterocycles. The van der Waals surface area contributed by atoms with Crippen molar-refractivity contribution in [2.24, 2.45) is 0 Å². The second-order valence-electron chi connectivity index (χ2n) is 9.01. The van der Waals surface area contributed by atoms with Crippen LogP contribution in [0.5, 0.6) is 0 Å². The third kappa shape index (κ3) is 6.55. The Morgan fingerprint density at radius 1 is 0.735 bits per heavy atom. The Kier molecular flexibility index (Phi) is 9.42. The molecule has 2 aromatic carbocycles. The molecule has 182 valence electrons. The SMILES string of the molecule is O=C(O)C(O)c1ccccc1C1=CCCCC1.O=C(O)C(O)c1ccccc1C1CCCCC1. The maximum Gasteiger partial charge on any atom is 0.337 e. The maximum atomic E-state index is 10.9. The molecule has 1 saturated carbocycles. The van der Waals surface area contributed by atoms with Crippen molar-refractivity contribution in [1.29, 1.82) is 0 Å². The van der Waals surface area contributed by atoms with Crippen molar-refractivity contribution in [3.8, 4) is 0 Å². The third-order valence-corrected chi connectivity index (χ3v) is 6.70. The molecule has 2 aromatic rings. The van der Waals surface area contributed by atoms with Crippen LogP contribution in [-0.4, -0.2) is 32.4 Å². The van der Waals surface area contributed by atoms with Gasteiger partial charge in [-0.2, -0.15) is 0 Å². The van der Waals surface area contributed by atoms with Crippen LogP contribution in [0.25, 0.3) is 5.57 Å². The summed E-state index contributed by atoms with van der Waals surface area (Å²) in [6, 6.07) is 14.6. The van der Waals surface area contributed by atoms with Crippen molar-refractivity contribution < 1.29 is 30.0 Å². The summed E-state index contributed by atoms with van der Waals surface area (Å²) in [4.78, 5) is 21.8. The number of aliphatic hydroxyl groups excluding tert-OH is 2. The van der Waals surface area contributed by atoms with Gasteiger partial charge in [-0.25, -0.2) is 9.59 Å². The summed E-state index contributed by atoms with van der Waals surface area (Å²) < 4.78 is 0. The van der Waals surface area contributed by atoms with E-state index < -0.39 is 24.1 Å². The fourth-order valence-electron chi connectivity index (χ4n) is 4.92. The average molecular weight is 467 g/mol. The van der Waals surface area contributed by atoms with Gasteiger partial charge in [-0.3, -0.25) is 0 Å². The van der Waals surface area contributed by atoms with Crippen molar-refractivity contribution in [3.63, 3.8) is 0 Å². The second-order valence-corrected chi connectivity index (χ2v) is 9.01. The highest BCUT2D eigenvalue weighted by molar-refractivity contribution is 5.79. The number of carboxylic acid groups (broad SMARTS) is 2. The molecule has 4 rings (SSSR count). The topological polar surface area (TPSA) is 115 Å². The number of aliphatic carboxylic acids is 2. The molecule has 0 bridgehead atoms. The van der Waals surface area contributed by atoms with Gasteiger partial charge < -0.3 is 20.4 Å². The molecule has 2 aliphatic carbocycles. The Morgan fingerprint density at radius 3 is 1.94 bits per heavy atom. The van der Waals surface area contributed by atoms with Crippen LogP contribution in [0.15, 0.2) is 54.6 Å². The highest BCUT2D eigenvalue weighted by Crippen LogP contribution is 2.36. The predicted octanol–water partition coefficient (Wildman–Crippen LogP) is 5.61. The van der Waals surface area contributed by atoms with E-state index in [0.29, 0.717) is 17.0 Å². The zero-order valence-electron chi connectivity index (χ0n) is 19.4. The van der Waals surface area contributed by atoms with E-state index in [9.17, 15) is 19.8 Å². The van der Waals surface area contributed by atoms with Gasteiger partial charge >= 0.3 is 11.9 Å². The first-order valence-electron chi connectivity index (χ1n) is 12.1. The zero-order chi connectivity index (χ0) is 24.5. The molecule has 2 unspecified atom stereocenters. The molecule has 0 amide bonds. The zero-order valence-corrected chi connectivity index (χ0v) is 19.4. The molecule has 1 fully saturated rings. The minimum atomic E-state index is -1.44. The number of aliphatic hydroxyl groups is 2. The summed E-state index contributed by atoms with van der Waals surface area (Å²) in [6.45, 7) is 0. The molecule has 6 nitrogen and oxygen atoms in total. The van der Waals surface area contributed by atoms with Crippen molar-refractivity contribution >= 4 is 17.5 Å². The van der Waals surface area contributed by atoms with E-state index in [4.69, 9.17) is 10.2 Å². The summed E-state index contributed by atoms with van der Waals surface area (Å²) in [6.07, 6.45) is 9.49. The number of allylic oxidation sites excluding steroid dienone is 2. The van der Waals surface area contributed by atoms with E-state index in [1.807, 2.05) is 24.3 Å². The van der Waals surface area contributed by atoms with Crippen LogP contribution in [0.1, 0.15) is 98.2 Å². The third-order valence-electron chi connectivity index (χ3n) is 6.70. The minimum absolute atomic E-state index is 0.411. The molecule has 0 heterocycles. The van der Waals surface area contributed by atoms with Crippen molar-refractivity contribution in [2.45, 2.75) is 75.9 Å². The van der Waals surface area contributed by atoms with E-state index >= 15 is 0 Å². The van der Waals surface area contributed by atoms with Crippen LogP contribution in [0, 0.1) is 0 Å². The number of hydrogen-bond acceptors (Lipinski definition) is 4. The van der Waals surface area contributed by atoms with Crippen LogP contribution in [-0.2, 0) is 9.59 Å². The first-order valence-corrected chi connectivity index (χ1v) is 12.1. The quantitative estimate of drug-likeness (QED) is 0.440. The Morgan fingerprint density at radius 2 is 1.32 bits per heavy atom. The average Bonchev–Trinajstić information content (AvgIpc) is 2.89. The van der Waals surface area contributed by atoms with Crippen LogP contribution in [0.2, 0.25) is 0 Å². The molecule has 6 heteroatoms. The Bertz CT molecular complexity index is 1010. The lowest BCUT2D eigenvalue weighted by Crippen LogP contribution is -2.15. The molecule has 34 heavy (non-hydrogen) atoms. The summed E-state index contributed by atoms with van der Waals surface area (Å²) in [7, 11) is 0. The van der Waals surface area contributed by atoms with Gasteiger partial charge in [-0.15, -0.1) is 0 Å². The van der Waals surface area contributed by atoms with Gasteiger partial charge in [0.15, 0.2) is 12.2 Å². The van der Waals surface area contributed by atoms with Crippen LogP contribution in [0.3, 0.4) is 0 Å². The number of carboxylic acids is 2. The smallest absolute Gasteiger partial charge is 0.337 e. The molecule has 2 aliphatic rings. The molecule has 2 atom stereocenters. The standard InChI is InChI=1S/C14H18O3.C14H16O3/c2*15-13(14(16)17)12-9-5-4-8-11(12)10-6-2-1-3-7-10/h4-5,8-10,13,15H,1-3,6-7H2,(H,16,17);4-6,8-9,13,15H,1-3,7H2,(H,16,17). The van der Waals surface area contributed by atoms with Crippen molar-refractivity contribution in [3.05, 3.63) is 76.9 Å². The molecule has 0 radical (unpaired) electrons. The normalized spacial score (nSPS) is 18.1. The first kappa shape index (κ1) is 25.7. The van der Waals surface area contributed by atoms with Crippen LogP contribution >= 0.6 is 0 Å². The summed E-state index contributed by atoms with van der Waals surface area (Å²) >= 11 is 0. The molecule has 0 aromatic heterocycles. The van der Waals surface area contributed by atoms with E-state index in [1.165, 1.54) is 25.7 Å². The van der Waals surface area contributed by atoms with Gasteiger partial charge in [0.1, 0.15) is 0 Å². The van der Waals surface area contributed by atoms with Gasteiger partial charge in [0, 0.05) is 0 Å². The van der Waals surface area contributed by atoms with Gasteiger partial charge in [-0.05, 0) is 72.3 Å². The number of hydrogen-bond donors (Lipinski definition) is 4. The number of rotatable bonds is 6. The summed E-state index contributed by atoms with van der Waals surface area (Å²) in [5, 5.41) is 37.2. The lowest BCUT2D eigenvalue weighted by Gasteiger charge is -2.25.